The van der Waals surface area contributed by atoms with E-state index in [0.717, 1.165) is 5.56 Å². The fourth-order valence-corrected chi connectivity index (χ4v) is 4.51. The lowest BCUT2D eigenvalue weighted by atomic mass is 9.86. The van der Waals surface area contributed by atoms with Gasteiger partial charge in [-0.15, -0.1) is 5.10 Å². The molecule has 0 amide bonds. The number of hydrogen-bond acceptors (Lipinski definition) is 5. The third kappa shape index (κ3) is 3.45. The van der Waals surface area contributed by atoms with Crippen LogP contribution in [0, 0.1) is 0 Å². The molecule has 0 atom stereocenters. The highest BCUT2D eigenvalue weighted by molar-refractivity contribution is 7.15. The summed E-state index contributed by atoms with van der Waals surface area (Å²) in [6, 6.07) is 25.6. The van der Waals surface area contributed by atoms with Gasteiger partial charge in [0.05, 0.1) is 4.53 Å². The zero-order chi connectivity index (χ0) is 21.4. The summed E-state index contributed by atoms with van der Waals surface area (Å²) in [5.74, 6) is 0.159. The van der Waals surface area contributed by atoms with Crippen LogP contribution in [0.15, 0.2) is 89.7 Å². The number of fused-ring (bicyclic) bond motifs is 1. The third-order valence-electron chi connectivity index (χ3n) is 5.06. The van der Waals surface area contributed by atoms with Crippen molar-refractivity contribution in [3.8, 4) is 0 Å². The van der Waals surface area contributed by atoms with Gasteiger partial charge in [0.2, 0.25) is 4.96 Å². The normalized spacial score (nSPS) is 12.5. The lowest BCUT2D eigenvalue weighted by molar-refractivity contribution is 0.116. The van der Waals surface area contributed by atoms with Crippen LogP contribution in [-0.2, 0) is 5.60 Å². The lowest BCUT2D eigenvalue weighted by Gasteiger charge is -2.26. The maximum atomic E-state index is 12.9. The molecule has 2 heterocycles. The van der Waals surface area contributed by atoms with E-state index in [1.54, 1.807) is 18.2 Å². The van der Waals surface area contributed by atoms with Crippen molar-refractivity contribution in [2.75, 3.05) is 0 Å². The Morgan fingerprint density at radius 1 is 0.903 bits per heavy atom. The number of rotatable bonds is 4. The number of hydrogen-bond donors (Lipinski definition) is 1. The number of nitrogens with zero attached hydrogens (tertiary/aromatic N) is 3. The average Bonchev–Trinajstić information content (AvgIpc) is 3.36. The molecular formula is C24H16ClN3O2S. The minimum Gasteiger partial charge on any atom is -0.373 e. The second kappa shape index (κ2) is 7.74. The molecule has 5 aromatic rings. The van der Waals surface area contributed by atoms with Gasteiger partial charge in [-0.2, -0.15) is 9.50 Å². The van der Waals surface area contributed by atoms with Gasteiger partial charge in [0.15, 0.2) is 11.4 Å². The number of halogens is 1. The molecule has 0 bridgehead atoms. The van der Waals surface area contributed by atoms with Crippen LogP contribution < -0.4 is 10.1 Å². The van der Waals surface area contributed by atoms with E-state index in [9.17, 15) is 9.90 Å². The highest BCUT2D eigenvalue weighted by Gasteiger charge is 2.38. The van der Waals surface area contributed by atoms with Gasteiger partial charge in [-0.1, -0.05) is 95.7 Å². The molecule has 0 aliphatic heterocycles. The molecule has 3 aromatic carbocycles. The van der Waals surface area contributed by atoms with Crippen LogP contribution in [0.2, 0.25) is 5.02 Å². The van der Waals surface area contributed by atoms with Crippen molar-refractivity contribution in [3.05, 3.63) is 127 Å². The molecule has 0 fully saturated rings. The molecule has 0 saturated heterocycles. The predicted octanol–water partition coefficient (Wildman–Crippen LogP) is 3.64. The highest BCUT2D eigenvalue weighted by atomic mass is 35.5. The molecule has 152 valence electrons. The van der Waals surface area contributed by atoms with Crippen LogP contribution in [0.5, 0.6) is 0 Å². The molecule has 5 rings (SSSR count). The van der Waals surface area contributed by atoms with E-state index in [4.69, 9.17) is 11.6 Å². The molecular weight excluding hydrogens is 430 g/mol. The SMILES string of the molecule is O=c1/c(=C\c2ccc(Cl)cc2)sc2nc(C(O)(c3ccccc3)c3ccccc3)nn12. The van der Waals surface area contributed by atoms with Gasteiger partial charge in [0, 0.05) is 5.02 Å². The zero-order valence-corrected chi connectivity index (χ0v) is 17.7. The van der Waals surface area contributed by atoms with E-state index in [2.05, 4.69) is 10.1 Å². The second-order valence-electron chi connectivity index (χ2n) is 7.04. The average molecular weight is 446 g/mol. The molecule has 0 radical (unpaired) electrons. The Morgan fingerprint density at radius 2 is 1.48 bits per heavy atom. The van der Waals surface area contributed by atoms with Crippen LogP contribution in [-0.4, -0.2) is 19.7 Å². The number of aromatic nitrogens is 3. The Hall–Kier alpha value is -3.32. The Labute approximate surface area is 186 Å². The fourth-order valence-electron chi connectivity index (χ4n) is 3.48. The van der Waals surface area contributed by atoms with E-state index < -0.39 is 5.60 Å². The summed E-state index contributed by atoms with van der Waals surface area (Å²) in [7, 11) is 0. The monoisotopic (exact) mass is 445 g/mol. The minimum atomic E-state index is -1.58. The fraction of sp³-hybridized carbons (Fsp3) is 0.0417. The summed E-state index contributed by atoms with van der Waals surface area (Å²) in [5.41, 5.74) is 0.244. The van der Waals surface area contributed by atoms with Crippen LogP contribution in [0.25, 0.3) is 11.0 Å². The van der Waals surface area contributed by atoms with Gasteiger partial charge >= 0.3 is 0 Å². The molecule has 5 nitrogen and oxygen atoms in total. The predicted molar refractivity (Wildman–Crippen MR) is 122 cm³/mol. The first kappa shape index (κ1) is 19.6. The summed E-state index contributed by atoms with van der Waals surface area (Å²) >= 11 is 7.16. The Kier molecular flexibility index (Phi) is 4.90. The molecule has 0 spiro atoms. The molecule has 1 N–H and O–H groups in total. The molecule has 0 aliphatic carbocycles. The van der Waals surface area contributed by atoms with Gasteiger partial charge in [0.1, 0.15) is 0 Å². The summed E-state index contributed by atoms with van der Waals surface area (Å²) < 4.78 is 1.75. The molecule has 31 heavy (non-hydrogen) atoms. The first-order valence-electron chi connectivity index (χ1n) is 9.56. The van der Waals surface area contributed by atoms with Crippen molar-refractivity contribution < 1.29 is 5.11 Å². The maximum absolute atomic E-state index is 12.9. The van der Waals surface area contributed by atoms with Gasteiger partial charge < -0.3 is 5.11 Å². The van der Waals surface area contributed by atoms with Crippen molar-refractivity contribution in [2.24, 2.45) is 0 Å². The summed E-state index contributed by atoms with van der Waals surface area (Å²) in [4.78, 5) is 17.9. The van der Waals surface area contributed by atoms with Crippen LogP contribution in [0.1, 0.15) is 22.5 Å². The van der Waals surface area contributed by atoms with E-state index in [-0.39, 0.29) is 11.4 Å². The van der Waals surface area contributed by atoms with Crippen molar-refractivity contribution in [1.29, 1.82) is 0 Å². The van der Waals surface area contributed by atoms with Crippen LogP contribution in [0.3, 0.4) is 0 Å². The number of aliphatic hydroxyl groups is 1. The van der Waals surface area contributed by atoms with Crippen LogP contribution >= 0.6 is 22.9 Å². The minimum absolute atomic E-state index is 0.159. The van der Waals surface area contributed by atoms with Crippen molar-refractivity contribution >= 4 is 34.0 Å². The van der Waals surface area contributed by atoms with E-state index in [1.165, 1.54) is 15.9 Å². The molecule has 7 heteroatoms. The van der Waals surface area contributed by atoms with Gasteiger partial charge in [-0.3, -0.25) is 4.79 Å². The highest BCUT2D eigenvalue weighted by Crippen LogP contribution is 2.34. The van der Waals surface area contributed by atoms with E-state index in [0.29, 0.717) is 25.6 Å². The molecule has 0 aliphatic rings. The van der Waals surface area contributed by atoms with Gasteiger partial charge in [0.25, 0.3) is 5.56 Å². The smallest absolute Gasteiger partial charge is 0.291 e. The van der Waals surface area contributed by atoms with Crippen molar-refractivity contribution in [1.82, 2.24) is 14.6 Å². The van der Waals surface area contributed by atoms with Gasteiger partial charge in [-0.25, -0.2) is 0 Å². The first-order valence-corrected chi connectivity index (χ1v) is 10.8. The molecule has 2 aromatic heterocycles. The molecule has 0 unspecified atom stereocenters. The van der Waals surface area contributed by atoms with E-state index in [1.807, 2.05) is 72.8 Å². The number of thiazole rings is 1. The summed E-state index contributed by atoms with van der Waals surface area (Å²) in [5, 5.41) is 16.9. The van der Waals surface area contributed by atoms with E-state index >= 15 is 0 Å². The largest absolute Gasteiger partial charge is 0.373 e. The topological polar surface area (TPSA) is 67.5 Å². The Morgan fingerprint density at radius 3 is 2.03 bits per heavy atom. The lowest BCUT2D eigenvalue weighted by Crippen LogP contribution is -2.31. The zero-order valence-electron chi connectivity index (χ0n) is 16.1. The maximum Gasteiger partial charge on any atom is 0.291 e. The summed E-state index contributed by atoms with van der Waals surface area (Å²) in [6.07, 6.45) is 1.78. The third-order valence-corrected chi connectivity index (χ3v) is 6.27. The van der Waals surface area contributed by atoms with Crippen molar-refractivity contribution in [3.63, 3.8) is 0 Å². The second-order valence-corrected chi connectivity index (χ2v) is 8.49. The van der Waals surface area contributed by atoms with Gasteiger partial charge in [-0.05, 0) is 34.9 Å². The summed E-state index contributed by atoms with van der Waals surface area (Å²) in [6.45, 7) is 0. The number of benzene rings is 3. The first-order chi connectivity index (χ1) is 15.1. The quantitative estimate of drug-likeness (QED) is 0.458. The Balaban J connectivity index is 1.67. The standard InChI is InChI=1S/C24H16ClN3O2S/c25-19-13-11-16(12-14-19)15-20-21(29)28-23(31-20)26-22(27-28)24(30,17-7-3-1-4-8-17)18-9-5-2-6-10-18/h1-15,30H/b20-15+. The molecule has 0 saturated carbocycles. The van der Waals surface area contributed by atoms with Crippen molar-refractivity contribution in [2.45, 2.75) is 5.60 Å². The van der Waals surface area contributed by atoms with Crippen LogP contribution in [0.4, 0.5) is 0 Å². The Bertz CT molecular complexity index is 1420.